The van der Waals surface area contributed by atoms with Crippen LogP contribution in [-0.2, 0) is 0 Å². The molecule has 4 aliphatic rings. The average molecular weight is 314 g/mol. The Hall–Kier alpha value is -2.85. The fraction of sp³-hybridized carbons (Fsp3) is 0.150. The summed E-state index contributed by atoms with van der Waals surface area (Å²) in [4.78, 5) is 8.10. The number of H-pyrrole nitrogens is 1. The summed E-state index contributed by atoms with van der Waals surface area (Å²) in [5.74, 6) is 0. The molecule has 0 aromatic carbocycles. The third kappa shape index (κ3) is 2.61. The summed E-state index contributed by atoms with van der Waals surface area (Å²) in [7, 11) is 0. The molecule has 0 saturated carbocycles. The second-order valence-electron chi connectivity index (χ2n) is 6.40. The second kappa shape index (κ2) is 5.35. The maximum Gasteiger partial charge on any atom is 0.0658 e. The van der Waals surface area contributed by atoms with Crippen LogP contribution in [0.25, 0.3) is 12.2 Å². The molecule has 5 heterocycles. The minimum atomic E-state index is 0.215. The zero-order chi connectivity index (χ0) is 15.9. The van der Waals surface area contributed by atoms with E-state index in [0.717, 1.165) is 27.8 Å². The molecule has 118 valence electrons. The first-order valence-corrected chi connectivity index (χ1v) is 8.28. The lowest BCUT2D eigenvalue weighted by atomic mass is 10.2. The van der Waals surface area contributed by atoms with Crippen LogP contribution >= 0.6 is 0 Å². The average Bonchev–Trinajstić information content (AvgIpc) is 3.32. The lowest BCUT2D eigenvalue weighted by Gasteiger charge is -2.11. The van der Waals surface area contributed by atoms with Crippen molar-refractivity contribution in [3.63, 3.8) is 0 Å². The normalized spacial score (nSPS) is 29.5. The van der Waals surface area contributed by atoms with Crippen molar-refractivity contribution in [1.29, 1.82) is 0 Å². The molecule has 0 spiro atoms. The predicted octanol–water partition coefficient (Wildman–Crippen LogP) is 0.792. The van der Waals surface area contributed by atoms with E-state index >= 15 is 0 Å². The van der Waals surface area contributed by atoms with E-state index in [1.807, 2.05) is 0 Å². The summed E-state index contributed by atoms with van der Waals surface area (Å²) in [5, 5.41) is 9.27. The molecule has 5 rings (SSSR count). The van der Waals surface area contributed by atoms with Crippen molar-refractivity contribution >= 4 is 17.9 Å². The number of nitrogens with zero attached hydrogens (tertiary/aromatic N) is 1. The van der Waals surface area contributed by atoms with Crippen molar-refractivity contribution in [3.05, 3.63) is 82.8 Å². The summed E-state index contributed by atoms with van der Waals surface area (Å²) in [5.41, 5.74) is 3.13. The van der Waals surface area contributed by atoms with Gasteiger partial charge in [0.1, 0.15) is 0 Å². The fourth-order valence-electron chi connectivity index (χ4n) is 3.39. The highest BCUT2D eigenvalue weighted by Crippen LogP contribution is 2.16. The molecule has 0 amide bonds. The standard InChI is InChI=1S/C20H18N4/c1-2-14-10-16-5-6-18(23-16)12-20-8-7-19(24-20)11-17-4-3-15(22-17)9-13(1)21-14/h1-14,17,21-22,24H. The molecule has 0 radical (unpaired) electrons. The van der Waals surface area contributed by atoms with Gasteiger partial charge < -0.3 is 10.3 Å². The van der Waals surface area contributed by atoms with Gasteiger partial charge in [-0.3, -0.25) is 5.32 Å². The topological polar surface area (TPSA) is 52.2 Å². The molecule has 3 N–H and O–H groups in total. The van der Waals surface area contributed by atoms with Gasteiger partial charge in [-0.2, -0.15) is 0 Å². The van der Waals surface area contributed by atoms with Gasteiger partial charge in [0, 0.05) is 28.5 Å². The van der Waals surface area contributed by atoms with Crippen molar-refractivity contribution in [3.8, 4) is 0 Å². The minimum absolute atomic E-state index is 0.215. The van der Waals surface area contributed by atoms with Gasteiger partial charge in [0.05, 0.1) is 17.5 Å². The van der Waals surface area contributed by atoms with Gasteiger partial charge in [0.2, 0.25) is 0 Å². The van der Waals surface area contributed by atoms with Crippen LogP contribution in [0.1, 0.15) is 0 Å². The van der Waals surface area contributed by atoms with Crippen LogP contribution in [0.5, 0.6) is 0 Å². The molecule has 3 unspecified atom stereocenters. The zero-order valence-corrected chi connectivity index (χ0v) is 13.1. The fourth-order valence-corrected chi connectivity index (χ4v) is 3.39. The van der Waals surface area contributed by atoms with Crippen LogP contribution in [0.4, 0.5) is 0 Å². The number of hydrogen-bond donors (Lipinski definition) is 3. The Bertz CT molecular complexity index is 981. The molecule has 24 heavy (non-hydrogen) atoms. The van der Waals surface area contributed by atoms with Crippen molar-refractivity contribution in [2.45, 2.75) is 18.1 Å². The van der Waals surface area contributed by atoms with Crippen LogP contribution in [0.15, 0.2) is 77.1 Å². The van der Waals surface area contributed by atoms with Crippen LogP contribution in [0.2, 0.25) is 0 Å². The number of rotatable bonds is 0. The van der Waals surface area contributed by atoms with Crippen molar-refractivity contribution in [2.75, 3.05) is 0 Å². The highest BCUT2D eigenvalue weighted by Gasteiger charge is 2.17. The van der Waals surface area contributed by atoms with Gasteiger partial charge >= 0.3 is 0 Å². The summed E-state index contributed by atoms with van der Waals surface area (Å²) in [6, 6.07) is 4.86. The third-order valence-corrected chi connectivity index (χ3v) is 4.51. The maximum atomic E-state index is 4.68. The molecule has 4 nitrogen and oxygen atoms in total. The number of aromatic nitrogens is 1. The highest BCUT2D eigenvalue weighted by molar-refractivity contribution is 6.19. The van der Waals surface area contributed by atoms with Gasteiger partial charge in [-0.05, 0) is 54.7 Å². The first-order chi connectivity index (χ1) is 11.8. The largest absolute Gasteiger partial charge is 0.375 e. The number of fused-ring (bicyclic) bond motifs is 7. The number of hydrogen-bond acceptors (Lipinski definition) is 3. The quantitative estimate of drug-likeness (QED) is 0.620. The molecular weight excluding hydrogens is 296 g/mol. The Morgan fingerprint density at radius 3 is 2.62 bits per heavy atom. The number of nitrogens with one attached hydrogen (secondary N) is 3. The predicted molar refractivity (Wildman–Crippen MR) is 97.6 cm³/mol. The monoisotopic (exact) mass is 314 g/mol. The summed E-state index contributed by atoms with van der Waals surface area (Å²) >= 11 is 0. The van der Waals surface area contributed by atoms with E-state index < -0.39 is 0 Å². The van der Waals surface area contributed by atoms with Crippen LogP contribution in [0, 0.1) is 0 Å². The summed E-state index contributed by atoms with van der Waals surface area (Å²) < 4.78 is 0. The Morgan fingerprint density at radius 1 is 0.792 bits per heavy atom. The lowest BCUT2D eigenvalue weighted by Crippen LogP contribution is -2.29. The molecule has 3 atom stereocenters. The molecule has 0 fully saturated rings. The molecule has 0 saturated heterocycles. The Morgan fingerprint density at radius 2 is 1.67 bits per heavy atom. The Kier molecular flexibility index (Phi) is 3.03. The zero-order valence-electron chi connectivity index (χ0n) is 13.1. The Balaban J connectivity index is 1.60. The van der Waals surface area contributed by atoms with Crippen molar-refractivity contribution < 1.29 is 0 Å². The Labute approximate surface area is 140 Å². The SMILES string of the molecule is C1=CC2=NC1=CC1C=CC(C=C3C=CC(C=c4ccc([nH]4)=C2)N3)N1. The van der Waals surface area contributed by atoms with Gasteiger partial charge in [-0.1, -0.05) is 18.2 Å². The molecule has 4 aliphatic heterocycles. The van der Waals surface area contributed by atoms with Crippen LogP contribution < -0.4 is 21.3 Å². The van der Waals surface area contributed by atoms with Crippen molar-refractivity contribution in [1.82, 2.24) is 15.6 Å². The van der Waals surface area contributed by atoms with E-state index in [9.17, 15) is 0 Å². The van der Waals surface area contributed by atoms with E-state index in [2.05, 4.69) is 93.5 Å². The summed E-state index contributed by atoms with van der Waals surface area (Å²) in [6.07, 6.45) is 21.5. The second-order valence-corrected chi connectivity index (χ2v) is 6.40. The van der Waals surface area contributed by atoms with E-state index in [0.29, 0.717) is 0 Å². The van der Waals surface area contributed by atoms with E-state index in [1.54, 1.807) is 0 Å². The minimum Gasteiger partial charge on any atom is -0.375 e. The molecule has 4 heteroatoms. The number of allylic oxidation sites excluding steroid dienone is 3. The first kappa shape index (κ1) is 13.6. The van der Waals surface area contributed by atoms with Crippen LogP contribution in [0.3, 0.4) is 0 Å². The maximum absolute atomic E-state index is 4.68. The molecule has 1 aromatic rings. The van der Waals surface area contributed by atoms with Gasteiger partial charge in [0.15, 0.2) is 0 Å². The molecular formula is C20H18N4. The molecule has 0 aliphatic carbocycles. The van der Waals surface area contributed by atoms with E-state index in [4.69, 9.17) is 0 Å². The van der Waals surface area contributed by atoms with E-state index in [-0.39, 0.29) is 18.1 Å². The van der Waals surface area contributed by atoms with E-state index in [1.165, 1.54) is 0 Å². The highest BCUT2D eigenvalue weighted by atomic mass is 15.0. The molecule has 1 aromatic heterocycles. The molecule has 8 bridgehead atoms. The van der Waals surface area contributed by atoms with Gasteiger partial charge in [-0.15, -0.1) is 0 Å². The summed E-state index contributed by atoms with van der Waals surface area (Å²) in [6.45, 7) is 0. The number of aliphatic imine (C=N–C) groups is 1. The first-order valence-electron chi connectivity index (χ1n) is 8.28. The van der Waals surface area contributed by atoms with Crippen LogP contribution in [-0.4, -0.2) is 28.8 Å². The number of aromatic amines is 1. The third-order valence-electron chi connectivity index (χ3n) is 4.51. The smallest absolute Gasteiger partial charge is 0.0658 e. The lowest BCUT2D eigenvalue weighted by molar-refractivity contribution is 0.694. The van der Waals surface area contributed by atoms with Gasteiger partial charge in [-0.25, -0.2) is 4.99 Å². The van der Waals surface area contributed by atoms with Crippen molar-refractivity contribution in [2.24, 2.45) is 4.99 Å². The van der Waals surface area contributed by atoms with Gasteiger partial charge in [0.25, 0.3) is 0 Å².